The van der Waals surface area contributed by atoms with E-state index in [0.29, 0.717) is 6.04 Å². The molecule has 0 saturated heterocycles. The smallest absolute Gasteiger partial charge is 0.305 e. The first kappa shape index (κ1) is 32.1. The van der Waals surface area contributed by atoms with Crippen molar-refractivity contribution in [3.8, 4) is 0 Å². The number of benzene rings is 4. The molecule has 36 heavy (non-hydrogen) atoms. The van der Waals surface area contributed by atoms with Gasteiger partial charge in [0.25, 0.3) is 0 Å². The van der Waals surface area contributed by atoms with Crippen LogP contribution in [-0.4, -0.2) is 19.0 Å². The quantitative estimate of drug-likeness (QED) is 0.194. The number of halogens is 1. The van der Waals surface area contributed by atoms with E-state index in [2.05, 4.69) is 123 Å². The Morgan fingerprint density at radius 2 is 1.25 bits per heavy atom. The molecule has 0 radical (unpaired) electrons. The molecular weight excluding hydrogens is 587 g/mol. The maximum absolute atomic E-state index is 8.49. The van der Waals surface area contributed by atoms with Gasteiger partial charge < -0.3 is 4.90 Å². The van der Waals surface area contributed by atoms with Gasteiger partial charge in [0.1, 0.15) is 0 Å². The molecule has 0 bridgehead atoms. The molecule has 8 heteroatoms. The van der Waals surface area contributed by atoms with E-state index >= 15 is 0 Å². The van der Waals surface area contributed by atoms with Crippen molar-refractivity contribution in [2.24, 2.45) is 0 Å². The SMILES string of the molecule is C=CP(c1ccccc1)c1ccccc1.C[C@H](c1[c-]ccc2ccccc12)N(C)C.[O-][Cl+3]([O-])([O-])[O-].[Pd+2]. The van der Waals surface area contributed by atoms with Crippen molar-refractivity contribution in [3.05, 3.63) is 121 Å². The Hall–Kier alpha value is -1.94. The van der Waals surface area contributed by atoms with Gasteiger partial charge in [-0.15, -0.1) is 32.6 Å². The fraction of sp³-hybridized carbons (Fsp3) is 0.143. The van der Waals surface area contributed by atoms with Gasteiger partial charge >= 0.3 is 20.4 Å². The zero-order chi connectivity index (χ0) is 25.8. The van der Waals surface area contributed by atoms with E-state index in [0.717, 1.165) is 0 Å². The Morgan fingerprint density at radius 3 is 1.69 bits per heavy atom. The first-order valence-corrected chi connectivity index (χ1v) is 13.5. The molecule has 0 aliphatic heterocycles. The monoisotopic (exact) mass is 615 g/mol. The normalized spacial score (nSPS) is 11.5. The summed E-state index contributed by atoms with van der Waals surface area (Å²) in [6.45, 7) is 6.15. The number of fused-ring (bicyclic) bond motifs is 1. The molecule has 192 valence electrons. The third-order valence-corrected chi connectivity index (χ3v) is 7.27. The molecule has 4 rings (SSSR count). The zero-order valence-corrected chi connectivity index (χ0v) is 23.5. The van der Waals surface area contributed by atoms with Gasteiger partial charge in [-0.3, -0.25) is 0 Å². The van der Waals surface area contributed by atoms with Gasteiger partial charge in [-0.1, -0.05) is 91.3 Å². The molecule has 1 atom stereocenters. The predicted octanol–water partition coefficient (Wildman–Crippen LogP) is 1.77. The Morgan fingerprint density at radius 1 is 0.806 bits per heavy atom. The van der Waals surface area contributed by atoms with E-state index in [1.165, 1.54) is 26.9 Å². The van der Waals surface area contributed by atoms with E-state index in [-0.39, 0.29) is 28.3 Å². The van der Waals surface area contributed by atoms with Crippen LogP contribution < -0.4 is 29.2 Å². The minimum Gasteiger partial charge on any atom is -0.305 e. The summed E-state index contributed by atoms with van der Waals surface area (Å²) in [5.74, 6) is 2.06. The molecule has 0 N–H and O–H groups in total. The molecule has 0 heterocycles. The molecular formula is C28H29ClNO4PPd. The Labute approximate surface area is 230 Å². The third kappa shape index (κ3) is 11.0. The van der Waals surface area contributed by atoms with Crippen molar-refractivity contribution in [3.63, 3.8) is 0 Å². The molecule has 0 aliphatic rings. The van der Waals surface area contributed by atoms with Gasteiger partial charge in [-0.25, -0.2) is 18.6 Å². The summed E-state index contributed by atoms with van der Waals surface area (Å²) in [4.78, 5) is 2.21. The van der Waals surface area contributed by atoms with E-state index < -0.39 is 10.2 Å². The van der Waals surface area contributed by atoms with Crippen LogP contribution in [0.15, 0.2) is 109 Å². The summed E-state index contributed by atoms with van der Waals surface area (Å²) >= 11 is 0. The van der Waals surface area contributed by atoms with Crippen molar-refractivity contribution >= 4 is 29.3 Å². The maximum Gasteiger partial charge on any atom is 2.00 e. The second-order valence-corrected chi connectivity index (χ2v) is 10.6. The third-order valence-electron chi connectivity index (χ3n) is 5.20. The van der Waals surface area contributed by atoms with Crippen molar-refractivity contribution < 1.29 is 49.3 Å². The van der Waals surface area contributed by atoms with Crippen molar-refractivity contribution in [1.29, 1.82) is 0 Å². The predicted molar refractivity (Wildman–Crippen MR) is 134 cm³/mol. The van der Waals surface area contributed by atoms with E-state index in [9.17, 15) is 0 Å². The average molecular weight is 616 g/mol. The van der Waals surface area contributed by atoms with Crippen LogP contribution in [0.1, 0.15) is 18.5 Å². The van der Waals surface area contributed by atoms with Crippen molar-refractivity contribution in [2.45, 2.75) is 13.0 Å². The standard InChI is InChI=1S/C14H16N.C14H13P.ClHO4.Pd/c1-11(15(2)3)13-10-6-8-12-7-4-5-9-14(12)13;1-2-15(13-9-5-3-6-10-13)14-11-7-4-8-12-14;2-1(3,4)5;/h4-9,11H,1-3H3;2-12H,1H2;(H,2,3,4,5);/q-1;;;+2/p-1/t11-;;;/m1.../s1. The van der Waals surface area contributed by atoms with Gasteiger partial charge in [-0.2, -0.15) is 18.2 Å². The number of hydrogen-bond donors (Lipinski definition) is 0. The first-order valence-electron chi connectivity index (χ1n) is 10.8. The van der Waals surface area contributed by atoms with Crippen LogP contribution in [0.25, 0.3) is 10.8 Å². The van der Waals surface area contributed by atoms with E-state index in [1.807, 2.05) is 18.2 Å². The van der Waals surface area contributed by atoms with Gasteiger partial charge in [0.15, 0.2) is 0 Å². The molecule has 0 saturated carbocycles. The summed E-state index contributed by atoms with van der Waals surface area (Å²) in [6, 6.07) is 37.4. The Kier molecular flexibility index (Phi) is 14.3. The fourth-order valence-electron chi connectivity index (χ4n) is 3.33. The second-order valence-electron chi connectivity index (χ2n) is 7.72. The summed E-state index contributed by atoms with van der Waals surface area (Å²) in [5, 5.41) is 5.31. The van der Waals surface area contributed by atoms with Crippen LogP contribution in [0.2, 0.25) is 0 Å². The Bertz CT molecular complexity index is 1120. The van der Waals surface area contributed by atoms with Crippen LogP contribution in [0, 0.1) is 16.3 Å². The Balaban J connectivity index is 0.000000298. The molecule has 0 unspecified atom stereocenters. The summed E-state index contributed by atoms with van der Waals surface area (Å²) < 4.78 is 34.0. The van der Waals surface area contributed by atoms with Crippen molar-refractivity contribution in [1.82, 2.24) is 4.90 Å². The molecule has 0 aromatic heterocycles. The summed E-state index contributed by atoms with van der Waals surface area (Å²) in [5.41, 5.74) is 1.28. The maximum atomic E-state index is 8.49. The van der Waals surface area contributed by atoms with Crippen LogP contribution >= 0.6 is 7.92 Å². The number of nitrogens with zero attached hydrogens (tertiary/aromatic N) is 1. The topological polar surface area (TPSA) is 95.5 Å². The second kappa shape index (κ2) is 16.0. The van der Waals surface area contributed by atoms with Crippen LogP contribution in [-0.2, 0) is 20.4 Å². The summed E-state index contributed by atoms with van der Waals surface area (Å²) in [7, 11) is -1.13. The number of hydrogen-bond acceptors (Lipinski definition) is 5. The molecule has 4 aromatic carbocycles. The van der Waals surface area contributed by atoms with E-state index in [4.69, 9.17) is 18.6 Å². The molecule has 4 aromatic rings. The van der Waals surface area contributed by atoms with Gasteiger partial charge in [-0.05, 0) is 39.5 Å². The van der Waals surface area contributed by atoms with Crippen LogP contribution in [0.4, 0.5) is 0 Å². The van der Waals surface area contributed by atoms with Gasteiger partial charge in [0, 0.05) is 6.04 Å². The van der Waals surface area contributed by atoms with Gasteiger partial charge in [0.05, 0.1) is 0 Å². The molecule has 5 nitrogen and oxygen atoms in total. The molecule has 0 amide bonds. The van der Waals surface area contributed by atoms with Crippen LogP contribution in [0.3, 0.4) is 0 Å². The minimum atomic E-state index is -4.94. The fourth-order valence-corrected chi connectivity index (χ4v) is 5.03. The molecule has 0 spiro atoms. The van der Waals surface area contributed by atoms with Crippen molar-refractivity contribution in [2.75, 3.05) is 14.1 Å². The first-order chi connectivity index (χ1) is 16.6. The van der Waals surface area contributed by atoms with Gasteiger partial charge in [0.2, 0.25) is 0 Å². The summed E-state index contributed by atoms with van der Waals surface area (Å²) in [6.07, 6.45) is 0. The number of rotatable bonds is 5. The minimum absolute atomic E-state index is 0. The van der Waals surface area contributed by atoms with Crippen LogP contribution in [0.5, 0.6) is 0 Å². The molecule has 0 aliphatic carbocycles. The zero-order valence-electron chi connectivity index (χ0n) is 20.3. The largest absolute Gasteiger partial charge is 2.00 e. The molecule has 0 fully saturated rings. The average Bonchev–Trinajstić information content (AvgIpc) is 2.84. The van der Waals surface area contributed by atoms with E-state index in [1.54, 1.807) is 0 Å².